The van der Waals surface area contributed by atoms with E-state index in [1.807, 2.05) is 19.1 Å². The van der Waals surface area contributed by atoms with E-state index in [1.165, 1.54) is 11.1 Å². The number of nitrogens with zero attached hydrogens (tertiary/aromatic N) is 2. The number of rotatable bonds is 3. The maximum absolute atomic E-state index is 12.9. The largest absolute Gasteiger partial charge is 0.454 e. The van der Waals surface area contributed by atoms with E-state index >= 15 is 0 Å². The minimum atomic E-state index is -1.08. The molecular formula is C19H15N3O4S. The van der Waals surface area contributed by atoms with Crippen LogP contribution >= 0.6 is 12.2 Å². The Morgan fingerprint density at radius 3 is 2.67 bits per heavy atom. The van der Waals surface area contributed by atoms with Crippen molar-refractivity contribution in [3.8, 4) is 11.5 Å². The molecule has 1 N–H and O–H groups in total. The molecule has 8 heteroatoms. The van der Waals surface area contributed by atoms with Crippen molar-refractivity contribution in [1.29, 1.82) is 0 Å². The van der Waals surface area contributed by atoms with Crippen LogP contribution in [0.2, 0.25) is 0 Å². The van der Waals surface area contributed by atoms with Gasteiger partial charge in [0.1, 0.15) is 0 Å². The van der Waals surface area contributed by atoms with Crippen LogP contribution in [0.3, 0.4) is 0 Å². The second kappa shape index (κ2) is 6.81. The standard InChI is InChI=1S/C19H15N3O4S/c1-11-2-5-13(6-3-11)22-18(24)14(17(23)21-19(22)27)9-20-12-4-7-15-16(8-12)26-10-25-15/h2-9,14H,10H2,1H3,(H,21,23,27)/t14-/m1/s1. The van der Waals surface area contributed by atoms with E-state index in [4.69, 9.17) is 21.7 Å². The molecule has 2 aromatic rings. The van der Waals surface area contributed by atoms with Gasteiger partial charge < -0.3 is 14.8 Å². The predicted octanol–water partition coefficient (Wildman–Crippen LogP) is 2.49. The summed E-state index contributed by atoms with van der Waals surface area (Å²) in [5, 5.41) is 2.62. The fourth-order valence-corrected chi connectivity index (χ4v) is 3.08. The summed E-state index contributed by atoms with van der Waals surface area (Å²) in [5.41, 5.74) is 2.20. The van der Waals surface area contributed by atoms with Crippen LogP contribution in [0.5, 0.6) is 11.5 Å². The highest BCUT2D eigenvalue weighted by atomic mass is 32.1. The molecular weight excluding hydrogens is 366 g/mol. The molecule has 4 rings (SSSR count). The molecule has 2 heterocycles. The SMILES string of the molecule is Cc1ccc(N2C(=O)[C@H](C=Nc3ccc4c(c3)OCO4)C(=O)NC2=S)cc1. The van der Waals surface area contributed by atoms with Crippen LogP contribution < -0.4 is 19.7 Å². The number of thiocarbonyl (C=S) groups is 1. The summed E-state index contributed by atoms with van der Waals surface area (Å²) in [4.78, 5) is 30.7. The number of carbonyl (C=O) groups excluding carboxylic acids is 2. The van der Waals surface area contributed by atoms with E-state index in [9.17, 15) is 9.59 Å². The lowest BCUT2D eigenvalue weighted by molar-refractivity contribution is -0.130. The number of carbonyl (C=O) groups is 2. The van der Waals surface area contributed by atoms with Crippen molar-refractivity contribution in [2.45, 2.75) is 6.92 Å². The van der Waals surface area contributed by atoms with Gasteiger partial charge in [-0.3, -0.25) is 19.5 Å². The lowest BCUT2D eigenvalue weighted by Crippen LogP contribution is -2.58. The van der Waals surface area contributed by atoms with Crippen molar-refractivity contribution < 1.29 is 19.1 Å². The van der Waals surface area contributed by atoms with Gasteiger partial charge in [-0.25, -0.2) is 0 Å². The Kier molecular flexibility index (Phi) is 4.33. The number of fused-ring (bicyclic) bond motifs is 1. The van der Waals surface area contributed by atoms with Crippen molar-refractivity contribution in [2.75, 3.05) is 11.7 Å². The normalized spacial score (nSPS) is 18.9. The third kappa shape index (κ3) is 3.26. The number of hydrogen-bond donors (Lipinski definition) is 1. The number of amides is 2. The highest BCUT2D eigenvalue weighted by molar-refractivity contribution is 7.80. The van der Waals surface area contributed by atoms with Crippen LogP contribution in [0.1, 0.15) is 5.56 Å². The quantitative estimate of drug-likeness (QED) is 0.502. The topological polar surface area (TPSA) is 80.2 Å². The maximum atomic E-state index is 12.9. The molecule has 2 aromatic carbocycles. The maximum Gasteiger partial charge on any atom is 0.251 e. The zero-order valence-electron chi connectivity index (χ0n) is 14.3. The Labute approximate surface area is 160 Å². The van der Waals surface area contributed by atoms with Gasteiger partial charge in [0, 0.05) is 12.3 Å². The van der Waals surface area contributed by atoms with Gasteiger partial charge in [0.25, 0.3) is 5.91 Å². The molecule has 7 nitrogen and oxygen atoms in total. The van der Waals surface area contributed by atoms with E-state index in [0.717, 1.165) is 5.56 Å². The summed E-state index contributed by atoms with van der Waals surface area (Å²) in [7, 11) is 0. The molecule has 0 unspecified atom stereocenters. The molecule has 1 atom stereocenters. The van der Waals surface area contributed by atoms with Crippen molar-refractivity contribution in [3.63, 3.8) is 0 Å². The Bertz CT molecular complexity index is 971. The second-order valence-electron chi connectivity index (χ2n) is 6.10. The molecule has 1 saturated heterocycles. The van der Waals surface area contributed by atoms with Gasteiger partial charge in [-0.2, -0.15) is 0 Å². The molecule has 0 bridgehead atoms. The van der Waals surface area contributed by atoms with Crippen LogP contribution in [0.25, 0.3) is 0 Å². The first kappa shape index (κ1) is 17.2. The first-order valence-corrected chi connectivity index (χ1v) is 8.63. The minimum Gasteiger partial charge on any atom is -0.454 e. The first-order chi connectivity index (χ1) is 13.0. The Hall–Kier alpha value is -3.26. The van der Waals surface area contributed by atoms with Crippen LogP contribution in [0.4, 0.5) is 11.4 Å². The van der Waals surface area contributed by atoms with E-state index in [1.54, 1.807) is 30.3 Å². The van der Waals surface area contributed by atoms with Gasteiger partial charge >= 0.3 is 0 Å². The zero-order chi connectivity index (χ0) is 19.0. The van der Waals surface area contributed by atoms with Crippen LogP contribution in [-0.2, 0) is 9.59 Å². The summed E-state index contributed by atoms with van der Waals surface area (Å²) in [6, 6.07) is 12.4. The molecule has 2 aliphatic rings. The lowest BCUT2D eigenvalue weighted by Gasteiger charge is -2.30. The van der Waals surface area contributed by atoms with Crippen LogP contribution in [0, 0.1) is 12.8 Å². The highest BCUT2D eigenvalue weighted by Crippen LogP contribution is 2.35. The Morgan fingerprint density at radius 1 is 1.15 bits per heavy atom. The number of nitrogens with one attached hydrogen (secondary N) is 1. The van der Waals surface area contributed by atoms with Crippen molar-refractivity contribution in [1.82, 2.24) is 5.32 Å². The van der Waals surface area contributed by atoms with Crippen molar-refractivity contribution >= 4 is 46.7 Å². The van der Waals surface area contributed by atoms with Gasteiger partial charge in [0.05, 0.1) is 11.4 Å². The van der Waals surface area contributed by atoms with E-state index in [0.29, 0.717) is 22.9 Å². The third-order valence-corrected chi connectivity index (χ3v) is 4.51. The number of anilines is 1. The average Bonchev–Trinajstić information content (AvgIpc) is 3.10. The molecule has 0 aromatic heterocycles. The molecule has 2 amide bonds. The first-order valence-electron chi connectivity index (χ1n) is 8.22. The smallest absolute Gasteiger partial charge is 0.251 e. The summed E-state index contributed by atoms with van der Waals surface area (Å²) in [6.07, 6.45) is 1.32. The van der Waals surface area contributed by atoms with Gasteiger partial charge in [-0.05, 0) is 43.4 Å². The van der Waals surface area contributed by atoms with Gasteiger partial charge in [-0.15, -0.1) is 0 Å². The van der Waals surface area contributed by atoms with Gasteiger partial charge in [-0.1, -0.05) is 17.7 Å². The predicted molar refractivity (Wildman–Crippen MR) is 104 cm³/mol. The molecule has 2 aliphatic heterocycles. The average molecular weight is 381 g/mol. The molecule has 0 spiro atoms. The number of ether oxygens (including phenoxy) is 2. The van der Waals surface area contributed by atoms with E-state index < -0.39 is 17.7 Å². The van der Waals surface area contributed by atoms with Crippen molar-refractivity contribution in [3.05, 3.63) is 48.0 Å². The molecule has 27 heavy (non-hydrogen) atoms. The molecule has 1 fully saturated rings. The van der Waals surface area contributed by atoms with Gasteiger partial charge in [0.2, 0.25) is 12.7 Å². The molecule has 0 aliphatic carbocycles. The van der Waals surface area contributed by atoms with E-state index in [-0.39, 0.29) is 11.9 Å². The Morgan fingerprint density at radius 2 is 1.89 bits per heavy atom. The molecule has 136 valence electrons. The summed E-state index contributed by atoms with van der Waals surface area (Å²) >= 11 is 5.18. The summed E-state index contributed by atoms with van der Waals surface area (Å²) < 4.78 is 10.6. The number of hydrogen-bond acceptors (Lipinski definition) is 6. The summed E-state index contributed by atoms with van der Waals surface area (Å²) in [5.74, 6) is -0.818. The van der Waals surface area contributed by atoms with Gasteiger partial charge in [0.15, 0.2) is 22.5 Å². The second-order valence-corrected chi connectivity index (χ2v) is 6.48. The van der Waals surface area contributed by atoms with E-state index in [2.05, 4.69) is 10.3 Å². The van der Waals surface area contributed by atoms with Crippen LogP contribution in [-0.4, -0.2) is 29.9 Å². The summed E-state index contributed by atoms with van der Waals surface area (Å²) in [6.45, 7) is 2.11. The highest BCUT2D eigenvalue weighted by Gasteiger charge is 2.38. The number of benzene rings is 2. The monoisotopic (exact) mass is 381 g/mol. The molecule has 0 saturated carbocycles. The Balaban J connectivity index is 1.59. The number of aryl methyl sites for hydroxylation is 1. The fourth-order valence-electron chi connectivity index (χ4n) is 2.79. The molecule has 0 radical (unpaired) electrons. The fraction of sp³-hybridized carbons (Fsp3) is 0.158. The number of aliphatic imine (C=N–C) groups is 1. The van der Waals surface area contributed by atoms with Crippen LogP contribution in [0.15, 0.2) is 47.5 Å². The lowest BCUT2D eigenvalue weighted by atomic mass is 10.1. The third-order valence-electron chi connectivity index (χ3n) is 4.22. The van der Waals surface area contributed by atoms with Crippen molar-refractivity contribution in [2.24, 2.45) is 10.9 Å². The zero-order valence-corrected chi connectivity index (χ0v) is 15.2. The minimum absolute atomic E-state index is 0.0570.